The lowest BCUT2D eigenvalue weighted by molar-refractivity contribution is 0.187. The zero-order valence-corrected chi connectivity index (χ0v) is 19.1. The fourth-order valence-electron chi connectivity index (χ4n) is 3.35. The van der Waals surface area contributed by atoms with Crippen LogP contribution in [0.25, 0.3) is 0 Å². The van der Waals surface area contributed by atoms with Gasteiger partial charge in [0.15, 0.2) is 5.96 Å². The maximum absolute atomic E-state index is 9.82. The van der Waals surface area contributed by atoms with Crippen molar-refractivity contribution in [3.8, 4) is 0 Å². The second kappa shape index (κ2) is 12.0. The zero-order valence-electron chi connectivity index (χ0n) is 16.0. The summed E-state index contributed by atoms with van der Waals surface area (Å²) in [5.41, 5.74) is 1.12. The Bertz CT molecular complexity index is 568. The Balaban J connectivity index is 0.00000338. The van der Waals surface area contributed by atoms with Gasteiger partial charge in [0.05, 0.1) is 18.7 Å². The number of aliphatic hydroxyl groups is 1. The number of rotatable bonds is 7. The first kappa shape index (κ1) is 23.5. The maximum Gasteiger partial charge on any atom is 0.194 e. The summed E-state index contributed by atoms with van der Waals surface area (Å²) >= 11 is 6.47. The third-order valence-electron chi connectivity index (χ3n) is 4.73. The summed E-state index contributed by atoms with van der Waals surface area (Å²) in [7, 11) is 0. The fraction of sp³-hybridized carbons (Fsp3) is 0.632. The number of likely N-dealkylation sites (N-methyl/N-ethyl adjacent to an activating group) is 1. The highest BCUT2D eigenvalue weighted by molar-refractivity contribution is 14.0. The van der Waals surface area contributed by atoms with Crippen molar-refractivity contribution in [2.75, 3.05) is 39.3 Å². The number of aliphatic imine (C=N–C) groups is 1. The summed E-state index contributed by atoms with van der Waals surface area (Å²) in [6.07, 6.45) is 0.542. The summed E-state index contributed by atoms with van der Waals surface area (Å²) in [4.78, 5) is 9.41. The maximum atomic E-state index is 9.82. The van der Waals surface area contributed by atoms with Gasteiger partial charge in [-0.1, -0.05) is 43.6 Å². The Kier molecular flexibility index (Phi) is 10.8. The van der Waals surface area contributed by atoms with Crippen LogP contribution in [0, 0.1) is 0 Å². The van der Waals surface area contributed by atoms with Crippen molar-refractivity contribution in [2.24, 2.45) is 4.99 Å². The van der Waals surface area contributed by atoms with Crippen molar-refractivity contribution in [1.29, 1.82) is 0 Å². The number of nitrogens with one attached hydrogen (secondary N) is 1. The van der Waals surface area contributed by atoms with Gasteiger partial charge in [-0.3, -0.25) is 9.89 Å². The fourth-order valence-corrected chi connectivity index (χ4v) is 3.61. The lowest BCUT2D eigenvalue weighted by Crippen LogP contribution is -2.41. The standard InChI is InChI=1S/C19H31ClN4O.HI/c1-4-21-19(24-12-11-15(25)14-24)22-13-18(23(5-2)6-3)16-9-7-8-10-17(16)20;/h7-10,15,18,25H,4-6,11-14H2,1-3H3,(H,21,22);1H/t15-,18?;/m1./s1. The third kappa shape index (κ3) is 6.25. The first-order chi connectivity index (χ1) is 12.1. The summed E-state index contributed by atoms with van der Waals surface area (Å²) in [5.74, 6) is 0.878. The molecule has 0 saturated carbocycles. The van der Waals surface area contributed by atoms with Gasteiger partial charge in [0.25, 0.3) is 0 Å². The van der Waals surface area contributed by atoms with Crippen molar-refractivity contribution in [3.05, 3.63) is 34.9 Å². The van der Waals surface area contributed by atoms with Crippen LogP contribution in [0.3, 0.4) is 0 Å². The van der Waals surface area contributed by atoms with Gasteiger partial charge in [-0.2, -0.15) is 0 Å². The van der Waals surface area contributed by atoms with Crippen LogP contribution < -0.4 is 5.32 Å². The number of halogens is 2. The molecule has 1 unspecified atom stereocenters. The van der Waals surface area contributed by atoms with Crippen molar-refractivity contribution in [3.63, 3.8) is 0 Å². The highest BCUT2D eigenvalue weighted by Crippen LogP contribution is 2.28. The quantitative estimate of drug-likeness (QED) is 0.347. The number of β-amino-alcohol motifs (C(OH)–C–C–N with tert-alkyl or cyclic N) is 1. The molecule has 2 N–H and O–H groups in total. The number of guanidine groups is 1. The van der Waals surface area contributed by atoms with Crippen molar-refractivity contribution in [1.82, 2.24) is 15.1 Å². The van der Waals surface area contributed by atoms with Gasteiger partial charge in [-0.05, 0) is 38.1 Å². The lowest BCUT2D eigenvalue weighted by atomic mass is 10.1. The van der Waals surface area contributed by atoms with Crippen molar-refractivity contribution < 1.29 is 5.11 Å². The molecule has 1 aliphatic rings. The normalized spacial score (nSPS) is 18.8. The molecule has 0 spiro atoms. The van der Waals surface area contributed by atoms with Crippen LogP contribution in [-0.2, 0) is 0 Å². The van der Waals surface area contributed by atoms with E-state index in [1.807, 2.05) is 18.2 Å². The van der Waals surface area contributed by atoms with Crippen LogP contribution in [0.15, 0.2) is 29.3 Å². The molecule has 1 aromatic rings. The molecule has 1 fully saturated rings. The minimum atomic E-state index is -0.258. The second-order valence-electron chi connectivity index (χ2n) is 6.34. The molecule has 0 aromatic heterocycles. The molecule has 1 aliphatic heterocycles. The van der Waals surface area contributed by atoms with Crippen molar-refractivity contribution >= 4 is 41.5 Å². The van der Waals surface area contributed by atoms with E-state index in [2.05, 4.69) is 42.0 Å². The molecule has 0 aliphatic carbocycles. The first-order valence-corrected chi connectivity index (χ1v) is 9.68. The van der Waals surface area contributed by atoms with Crippen LogP contribution in [0.1, 0.15) is 38.8 Å². The Hall–Kier alpha value is -0.570. The topological polar surface area (TPSA) is 51.1 Å². The minimum absolute atomic E-state index is 0. The number of benzene rings is 1. The Labute approximate surface area is 179 Å². The molecule has 7 heteroatoms. The predicted molar refractivity (Wildman–Crippen MR) is 121 cm³/mol. The molecule has 1 heterocycles. The zero-order chi connectivity index (χ0) is 18.2. The van der Waals surface area contributed by atoms with Gasteiger partial charge < -0.3 is 15.3 Å². The Morgan fingerprint density at radius 1 is 1.35 bits per heavy atom. The van der Waals surface area contributed by atoms with Crippen LogP contribution >= 0.6 is 35.6 Å². The molecule has 26 heavy (non-hydrogen) atoms. The van der Waals surface area contributed by atoms with Crippen LogP contribution in [0.5, 0.6) is 0 Å². The van der Waals surface area contributed by atoms with E-state index in [0.717, 1.165) is 49.1 Å². The van der Waals surface area contributed by atoms with Gasteiger partial charge in [-0.15, -0.1) is 24.0 Å². The second-order valence-corrected chi connectivity index (χ2v) is 6.75. The summed E-state index contributed by atoms with van der Waals surface area (Å²) in [5, 5.41) is 14.0. The first-order valence-electron chi connectivity index (χ1n) is 9.30. The molecule has 2 rings (SSSR count). The van der Waals surface area contributed by atoms with Crippen molar-refractivity contribution in [2.45, 2.75) is 39.3 Å². The summed E-state index contributed by atoms with van der Waals surface area (Å²) in [6, 6.07) is 8.17. The molecule has 0 amide bonds. The van der Waals surface area contributed by atoms with E-state index in [9.17, 15) is 5.11 Å². The molecule has 5 nitrogen and oxygen atoms in total. The van der Waals surface area contributed by atoms with Crippen LogP contribution in [-0.4, -0.2) is 66.2 Å². The van der Waals surface area contributed by atoms with Gasteiger partial charge >= 0.3 is 0 Å². The van der Waals surface area contributed by atoms with E-state index in [0.29, 0.717) is 13.1 Å². The van der Waals surface area contributed by atoms with E-state index < -0.39 is 0 Å². The average molecular weight is 495 g/mol. The van der Waals surface area contributed by atoms with Gasteiger partial charge in [0.1, 0.15) is 0 Å². The van der Waals surface area contributed by atoms with E-state index in [1.165, 1.54) is 0 Å². The SMILES string of the molecule is CCNC(=NCC(c1ccccc1Cl)N(CC)CC)N1CC[C@@H](O)C1.I. The number of hydrogen-bond acceptors (Lipinski definition) is 3. The molecule has 0 radical (unpaired) electrons. The minimum Gasteiger partial charge on any atom is -0.391 e. The van der Waals surface area contributed by atoms with E-state index in [-0.39, 0.29) is 36.1 Å². The summed E-state index contributed by atoms with van der Waals surface area (Å²) in [6.45, 7) is 11.2. The molecule has 1 aromatic carbocycles. The molecule has 148 valence electrons. The van der Waals surface area contributed by atoms with Crippen LogP contribution in [0.4, 0.5) is 0 Å². The average Bonchev–Trinajstić information content (AvgIpc) is 3.04. The molecular formula is C19H32ClIN4O. The highest BCUT2D eigenvalue weighted by Gasteiger charge is 2.24. The molecule has 0 bridgehead atoms. The van der Waals surface area contributed by atoms with E-state index in [1.54, 1.807) is 0 Å². The Morgan fingerprint density at radius 2 is 2.04 bits per heavy atom. The molecule has 2 atom stereocenters. The third-order valence-corrected chi connectivity index (χ3v) is 5.07. The largest absolute Gasteiger partial charge is 0.391 e. The molecule has 1 saturated heterocycles. The van der Waals surface area contributed by atoms with E-state index in [4.69, 9.17) is 16.6 Å². The van der Waals surface area contributed by atoms with Gasteiger partial charge in [0, 0.05) is 24.7 Å². The van der Waals surface area contributed by atoms with Crippen LogP contribution in [0.2, 0.25) is 5.02 Å². The van der Waals surface area contributed by atoms with Gasteiger partial charge in [0.2, 0.25) is 0 Å². The number of aliphatic hydroxyl groups excluding tert-OH is 1. The highest BCUT2D eigenvalue weighted by atomic mass is 127. The predicted octanol–water partition coefficient (Wildman–Crippen LogP) is 3.37. The number of hydrogen-bond donors (Lipinski definition) is 2. The van der Waals surface area contributed by atoms with Gasteiger partial charge in [-0.25, -0.2) is 0 Å². The number of nitrogens with zero attached hydrogens (tertiary/aromatic N) is 3. The smallest absolute Gasteiger partial charge is 0.194 e. The lowest BCUT2D eigenvalue weighted by Gasteiger charge is -2.30. The Morgan fingerprint density at radius 3 is 2.58 bits per heavy atom. The number of likely N-dealkylation sites (tertiary alicyclic amines) is 1. The summed E-state index contributed by atoms with van der Waals surface area (Å²) < 4.78 is 0. The monoisotopic (exact) mass is 494 g/mol. The molecular weight excluding hydrogens is 463 g/mol. The van der Waals surface area contributed by atoms with E-state index >= 15 is 0 Å².